The quantitative estimate of drug-likeness (QED) is 0.700. The van der Waals surface area contributed by atoms with E-state index in [1.165, 1.54) is 0 Å². The standard InChI is InChI=1S/C10H19NO3/c1-11(2)7-10(14)5-3-8(4-6-10)9(12)13/h8,14H,3-7H2,1-2H3,(H,12,13). The van der Waals surface area contributed by atoms with E-state index in [4.69, 9.17) is 5.11 Å². The van der Waals surface area contributed by atoms with Gasteiger partial charge < -0.3 is 15.1 Å². The largest absolute Gasteiger partial charge is 0.481 e. The Morgan fingerprint density at radius 2 is 1.93 bits per heavy atom. The third-order valence-corrected chi connectivity index (χ3v) is 2.88. The van der Waals surface area contributed by atoms with Gasteiger partial charge in [-0.1, -0.05) is 0 Å². The van der Waals surface area contributed by atoms with Crippen LogP contribution in [0.4, 0.5) is 0 Å². The SMILES string of the molecule is CN(C)CC1(O)CCC(C(=O)O)CC1. The third-order valence-electron chi connectivity index (χ3n) is 2.88. The van der Waals surface area contributed by atoms with Crippen molar-refractivity contribution in [1.82, 2.24) is 4.90 Å². The summed E-state index contributed by atoms with van der Waals surface area (Å²) in [4.78, 5) is 12.6. The van der Waals surface area contributed by atoms with Crippen LogP contribution < -0.4 is 0 Å². The topological polar surface area (TPSA) is 60.8 Å². The van der Waals surface area contributed by atoms with Gasteiger partial charge in [0, 0.05) is 6.54 Å². The van der Waals surface area contributed by atoms with Crippen molar-refractivity contribution in [2.24, 2.45) is 5.92 Å². The van der Waals surface area contributed by atoms with E-state index in [0.29, 0.717) is 32.2 Å². The molecular weight excluding hydrogens is 182 g/mol. The van der Waals surface area contributed by atoms with Crippen LogP contribution in [0.3, 0.4) is 0 Å². The van der Waals surface area contributed by atoms with Crippen molar-refractivity contribution in [3.05, 3.63) is 0 Å². The predicted molar refractivity (Wildman–Crippen MR) is 53.1 cm³/mol. The summed E-state index contributed by atoms with van der Waals surface area (Å²) >= 11 is 0. The maximum Gasteiger partial charge on any atom is 0.306 e. The Balaban J connectivity index is 2.44. The molecule has 0 spiro atoms. The van der Waals surface area contributed by atoms with Crippen molar-refractivity contribution in [2.45, 2.75) is 31.3 Å². The van der Waals surface area contributed by atoms with Gasteiger partial charge in [-0.3, -0.25) is 4.79 Å². The van der Waals surface area contributed by atoms with E-state index in [0.717, 1.165) is 0 Å². The highest BCUT2D eigenvalue weighted by Crippen LogP contribution is 2.32. The number of likely N-dealkylation sites (N-methyl/N-ethyl adjacent to an activating group) is 1. The number of carboxylic acid groups (broad SMARTS) is 1. The number of carbonyl (C=O) groups is 1. The second-order valence-corrected chi connectivity index (χ2v) is 4.57. The van der Waals surface area contributed by atoms with Gasteiger partial charge in [0.15, 0.2) is 0 Å². The second-order valence-electron chi connectivity index (χ2n) is 4.57. The summed E-state index contributed by atoms with van der Waals surface area (Å²) in [6, 6.07) is 0. The van der Waals surface area contributed by atoms with E-state index in [9.17, 15) is 9.90 Å². The molecule has 0 aromatic rings. The summed E-state index contributed by atoms with van der Waals surface area (Å²) in [6.45, 7) is 0.624. The summed E-state index contributed by atoms with van der Waals surface area (Å²) < 4.78 is 0. The number of rotatable bonds is 3. The molecule has 0 aromatic carbocycles. The molecular formula is C10H19NO3. The van der Waals surface area contributed by atoms with Crippen LogP contribution in [0.2, 0.25) is 0 Å². The van der Waals surface area contributed by atoms with Gasteiger partial charge in [-0.25, -0.2) is 0 Å². The van der Waals surface area contributed by atoms with Gasteiger partial charge in [-0.05, 0) is 39.8 Å². The summed E-state index contributed by atoms with van der Waals surface area (Å²) in [5, 5.41) is 18.9. The molecule has 1 rings (SSSR count). The summed E-state index contributed by atoms with van der Waals surface area (Å²) in [7, 11) is 3.84. The van der Waals surface area contributed by atoms with E-state index < -0.39 is 11.6 Å². The van der Waals surface area contributed by atoms with Crippen molar-refractivity contribution >= 4 is 5.97 Å². The summed E-state index contributed by atoms with van der Waals surface area (Å²) in [5.74, 6) is -0.977. The highest BCUT2D eigenvalue weighted by atomic mass is 16.4. The molecule has 0 aromatic heterocycles. The minimum atomic E-state index is -0.725. The van der Waals surface area contributed by atoms with Gasteiger partial charge in [-0.15, -0.1) is 0 Å². The number of carboxylic acids is 1. The average molecular weight is 201 g/mol. The van der Waals surface area contributed by atoms with Crippen LogP contribution in [0.15, 0.2) is 0 Å². The molecule has 4 nitrogen and oxygen atoms in total. The van der Waals surface area contributed by atoms with Crippen LogP contribution in [0.5, 0.6) is 0 Å². The highest BCUT2D eigenvalue weighted by molar-refractivity contribution is 5.70. The number of aliphatic carboxylic acids is 1. The summed E-state index contributed by atoms with van der Waals surface area (Å²) in [6.07, 6.45) is 2.39. The van der Waals surface area contributed by atoms with E-state index in [2.05, 4.69) is 0 Å². The van der Waals surface area contributed by atoms with Gasteiger partial charge in [0.2, 0.25) is 0 Å². The zero-order valence-electron chi connectivity index (χ0n) is 8.86. The number of hydrogen-bond donors (Lipinski definition) is 2. The Morgan fingerprint density at radius 3 is 2.29 bits per heavy atom. The Morgan fingerprint density at radius 1 is 1.43 bits per heavy atom. The van der Waals surface area contributed by atoms with Gasteiger partial charge in [-0.2, -0.15) is 0 Å². The first-order valence-electron chi connectivity index (χ1n) is 5.03. The van der Waals surface area contributed by atoms with Gasteiger partial charge >= 0.3 is 5.97 Å². The maximum atomic E-state index is 10.7. The van der Waals surface area contributed by atoms with Gasteiger partial charge in [0.1, 0.15) is 0 Å². The van der Waals surface area contributed by atoms with E-state index in [-0.39, 0.29) is 5.92 Å². The molecule has 82 valence electrons. The molecule has 14 heavy (non-hydrogen) atoms. The van der Waals surface area contributed by atoms with Crippen LogP contribution in [0.1, 0.15) is 25.7 Å². The lowest BCUT2D eigenvalue weighted by Gasteiger charge is -2.36. The van der Waals surface area contributed by atoms with E-state index >= 15 is 0 Å². The van der Waals surface area contributed by atoms with Crippen LogP contribution in [-0.4, -0.2) is 47.3 Å². The molecule has 1 aliphatic carbocycles. The Bertz CT molecular complexity index is 207. The fourth-order valence-corrected chi connectivity index (χ4v) is 2.15. The molecule has 0 unspecified atom stereocenters. The Kier molecular flexibility index (Phi) is 3.50. The zero-order chi connectivity index (χ0) is 10.8. The molecule has 1 fully saturated rings. The van der Waals surface area contributed by atoms with Crippen molar-refractivity contribution in [1.29, 1.82) is 0 Å². The molecule has 0 heterocycles. The molecule has 0 radical (unpaired) electrons. The minimum Gasteiger partial charge on any atom is -0.481 e. The number of nitrogens with zero attached hydrogens (tertiary/aromatic N) is 1. The lowest BCUT2D eigenvalue weighted by atomic mass is 9.78. The first kappa shape index (κ1) is 11.5. The average Bonchev–Trinajstić information content (AvgIpc) is 2.02. The normalized spacial score (nSPS) is 33.3. The van der Waals surface area contributed by atoms with Crippen LogP contribution in [0, 0.1) is 5.92 Å². The number of hydrogen-bond acceptors (Lipinski definition) is 3. The highest BCUT2D eigenvalue weighted by Gasteiger charge is 2.35. The zero-order valence-corrected chi connectivity index (χ0v) is 8.86. The smallest absolute Gasteiger partial charge is 0.306 e. The van der Waals surface area contributed by atoms with E-state index in [1.807, 2.05) is 19.0 Å². The second kappa shape index (κ2) is 4.28. The van der Waals surface area contributed by atoms with E-state index in [1.54, 1.807) is 0 Å². The van der Waals surface area contributed by atoms with Crippen molar-refractivity contribution in [3.8, 4) is 0 Å². The molecule has 0 amide bonds. The molecule has 0 saturated heterocycles. The monoisotopic (exact) mass is 201 g/mol. The van der Waals surface area contributed by atoms with Gasteiger partial charge in [0.25, 0.3) is 0 Å². The molecule has 2 N–H and O–H groups in total. The Hall–Kier alpha value is -0.610. The van der Waals surface area contributed by atoms with Crippen molar-refractivity contribution < 1.29 is 15.0 Å². The molecule has 0 aliphatic heterocycles. The first-order chi connectivity index (χ1) is 6.43. The van der Waals surface area contributed by atoms with Crippen LogP contribution in [-0.2, 0) is 4.79 Å². The Labute approximate surface area is 84.5 Å². The number of aliphatic hydroxyl groups is 1. The van der Waals surface area contributed by atoms with Gasteiger partial charge in [0.05, 0.1) is 11.5 Å². The van der Waals surface area contributed by atoms with Crippen molar-refractivity contribution in [2.75, 3.05) is 20.6 Å². The van der Waals surface area contributed by atoms with Crippen molar-refractivity contribution in [3.63, 3.8) is 0 Å². The maximum absolute atomic E-state index is 10.7. The fraction of sp³-hybridized carbons (Fsp3) is 0.900. The molecule has 4 heteroatoms. The molecule has 1 aliphatic rings. The lowest BCUT2D eigenvalue weighted by molar-refractivity contribution is -0.145. The summed E-state index contributed by atoms with van der Waals surface area (Å²) in [5.41, 5.74) is -0.671. The fourth-order valence-electron chi connectivity index (χ4n) is 2.15. The first-order valence-corrected chi connectivity index (χ1v) is 5.03. The molecule has 0 atom stereocenters. The van der Waals surface area contributed by atoms with Crippen LogP contribution in [0.25, 0.3) is 0 Å². The molecule has 1 saturated carbocycles. The molecule has 0 bridgehead atoms. The van der Waals surface area contributed by atoms with Crippen LogP contribution >= 0.6 is 0 Å². The third kappa shape index (κ3) is 2.96. The lowest BCUT2D eigenvalue weighted by Crippen LogP contribution is -2.44. The minimum absolute atomic E-state index is 0.252. The predicted octanol–water partition coefficient (Wildman–Crippen LogP) is 0.554.